The van der Waals surface area contributed by atoms with Crippen molar-refractivity contribution in [3.63, 3.8) is 0 Å². The molecule has 2 aliphatic rings. The molecule has 0 aromatic heterocycles. The van der Waals surface area contributed by atoms with E-state index in [1.807, 2.05) is 0 Å². The van der Waals surface area contributed by atoms with Crippen molar-refractivity contribution in [3.8, 4) is 0 Å². The highest BCUT2D eigenvalue weighted by Gasteiger charge is 2.32. The summed E-state index contributed by atoms with van der Waals surface area (Å²) in [5, 5.41) is 3.12. The number of carbonyl (C=O) groups is 1. The third-order valence-corrected chi connectivity index (χ3v) is 3.77. The van der Waals surface area contributed by atoms with Gasteiger partial charge in [-0.05, 0) is 19.4 Å². The van der Waals surface area contributed by atoms with Gasteiger partial charge in [-0.3, -0.25) is 9.69 Å². The molecule has 2 aliphatic heterocycles. The van der Waals surface area contributed by atoms with E-state index >= 15 is 0 Å². The van der Waals surface area contributed by atoms with Crippen molar-refractivity contribution in [2.24, 2.45) is 5.73 Å². The van der Waals surface area contributed by atoms with E-state index in [9.17, 15) is 4.79 Å². The maximum Gasteiger partial charge on any atom is 0.324 e. The van der Waals surface area contributed by atoms with Crippen molar-refractivity contribution in [1.29, 1.82) is 0 Å². The lowest BCUT2D eigenvalue weighted by molar-refractivity contribution is -0.143. The third kappa shape index (κ3) is 3.20. The molecule has 2 fully saturated rings. The number of morpholine rings is 1. The fourth-order valence-electron chi connectivity index (χ4n) is 2.69. The van der Waals surface area contributed by atoms with Gasteiger partial charge in [0, 0.05) is 25.7 Å². The highest BCUT2D eigenvalue weighted by Crippen LogP contribution is 2.22. The topological polar surface area (TPSA) is 76.8 Å². The highest BCUT2D eigenvalue weighted by molar-refractivity contribution is 5.75. The first-order valence-corrected chi connectivity index (χ1v) is 6.61. The molecule has 0 spiro atoms. The van der Waals surface area contributed by atoms with E-state index in [-0.39, 0.29) is 18.6 Å². The molecule has 3 atom stereocenters. The number of hydrogen-bond acceptors (Lipinski definition) is 6. The Morgan fingerprint density at radius 1 is 1.67 bits per heavy atom. The molecule has 104 valence electrons. The Morgan fingerprint density at radius 3 is 3.22 bits per heavy atom. The summed E-state index contributed by atoms with van der Waals surface area (Å²) in [6.07, 6.45) is 2.65. The van der Waals surface area contributed by atoms with Crippen LogP contribution in [-0.4, -0.2) is 69.0 Å². The Kier molecular flexibility index (Phi) is 4.94. The summed E-state index contributed by atoms with van der Waals surface area (Å²) < 4.78 is 10.5. The van der Waals surface area contributed by atoms with Gasteiger partial charge in [-0.1, -0.05) is 0 Å². The van der Waals surface area contributed by atoms with E-state index in [2.05, 4.69) is 15.0 Å². The second-order valence-electron chi connectivity index (χ2n) is 4.97. The number of ether oxygens (including phenoxy) is 2. The van der Waals surface area contributed by atoms with Crippen molar-refractivity contribution in [2.75, 3.05) is 39.9 Å². The van der Waals surface area contributed by atoms with Crippen LogP contribution in [0, 0.1) is 0 Å². The van der Waals surface area contributed by atoms with E-state index in [0.29, 0.717) is 12.6 Å². The molecule has 2 heterocycles. The molecule has 2 rings (SSSR count). The van der Waals surface area contributed by atoms with E-state index < -0.39 is 6.04 Å². The van der Waals surface area contributed by atoms with E-state index in [1.165, 1.54) is 26.5 Å². The first-order valence-electron chi connectivity index (χ1n) is 6.61. The quantitative estimate of drug-likeness (QED) is 0.611. The van der Waals surface area contributed by atoms with Gasteiger partial charge >= 0.3 is 5.97 Å². The lowest BCUT2D eigenvalue weighted by atomic mass is 10.2. The number of methoxy groups -OCH3 is 1. The van der Waals surface area contributed by atoms with Crippen LogP contribution in [0.3, 0.4) is 0 Å². The van der Waals surface area contributed by atoms with Gasteiger partial charge < -0.3 is 20.5 Å². The molecule has 18 heavy (non-hydrogen) atoms. The van der Waals surface area contributed by atoms with Crippen molar-refractivity contribution >= 4 is 5.97 Å². The molecule has 0 radical (unpaired) electrons. The number of nitrogens with one attached hydrogen (secondary N) is 1. The number of rotatable bonds is 5. The summed E-state index contributed by atoms with van der Waals surface area (Å²) in [4.78, 5) is 13.9. The number of hydrogen-bond donors (Lipinski definition) is 2. The fraction of sp³-hybridized carbons (Fsp3) is 0.917. The predicted octanol–water partition coefficient (Wildman–Crippen LogP) is -1.06. The molecule has 0 amide bonds. The van der Waals surface area contributed by atoms with Crippen LogP contribution in [0.4, 0.5) is 0 Å². The number of nitrogens with zero attached hydrogens (tertiary/aromatic N) is 1. The highest BCUT2D eigenvalue weighted by atomic mass is 16.5. The Balaban J connectivity index is 1.74. The molecule has 0 aromatic rings. The molecular formula is C12H23N3O3. The minimum atomic E-state index is -0.435. The average molecular weight is 257 g/mol. The van der Waals surface area contributed by atoms with Crippen molar-refractivity contribution < 1.29 is 14.3 Å². The molecule has 6 nitrogen and oxygen atoms in total. The minimum absolute atomic E-state index is 0.137. The molecule has 2 saturated heterocycles. The van der Waals surface area contributed by atoms with Gasteiger partial charge in [0.05, 0.1) is 19.8 Å². The lowest BCUT2D eigenvalue weighted by Gasteiger charge is -2.35. The molecular weight excluding hydrogens is 234 g/mol. The van der Waals surface area contributed by atoms with Crippen LogP contribution in [0.2, 0.25) is 0 Å². The molecule has 3 N–H and O–H groups in total. The average Bonchev–Trinajstić information content (AvgIpc) is 2.86. The summed E-state index contributed by atoms with van der Waals surface area (Å²) in [5.74, 6) is -0.313. The maximum atomic E-state index is 11.4. The van der Waals surface area contributed by atoms with E-state index in [0.717, 1.165) is 13.2 Å². The Hall–Kier alpha value is -0.690. The van der Waals surface area contributed by atoms with Gasteiger partial charge in [0.25, 0.3) is 0 Å². The van der Waals surface area contributed by atoms with E-state index in [4.69, 9.17) is 10.5 Å². The van der Waals surface area contributed by atoms with Crippen LogP contribution in [0.5, 0.6) is 0 Å². The molecule has 0 bridgehead atoms. The largest absolute Gasteiger partial charge is 0.468 e. The van der Waals surface area contributed by atoms with Gasteiger partial charge in [-0.15, -0.1) is 0 Å². The van der Waals surface area contributed by atoms with Gasteiger partial charge in [-0.25, -0.2) is 0 Å². The molecule has 6 heteroatoms. The summed E-state index contributed by atoms with van der Waals surface area (Å²) in [5.41, 5.74) is 5.54. The zero-order valence-corrected chi connectivity index (χ0v) is 10.9. The first-order chi connectivity index (χ1) is 8.74. The summed E-state index contributed by atoms with van der Waals surface area (Å²) in [6, 6.07) is 0.169. The van der Waals surface area contributed by atoms with Crippen LogP contribution < -0.4 is 11.1 Å². The van der Waals surface area contributed by atoms with Crippen molar-refractivity contribution in [2.45, 2.75) is 31.0 Å². The zero-order chi connectivity index (χ0) is 13.0. The van der Waals surface area contributed by atoms with Crippen LogP contribution in [0.1, 0.15) is 12.8 Å². The molecule has 3 unspecified atom stereocenters. The molecule has 0 aromatic carbocycles. The normalized spacial score (nSPS) is 29.9. The SMILES string of the molecule is COC(=O)C(CN)NCC1CN2CCCC2CO1. The summed E-state index contributed by atoms with van der Waals surface area (Å²) >= 11 is 0. The van der Waals surface area contributed by atoms with Crippen LogP contribution in [0.25, 0.3) is 0 Å². The third-order valence-electron chi connectivity index (χ3n) is 3.77. The van der Waals surface area contributed by atoms with E-state index in [1.54, 1.807) is 0 Å². The van der Waals surface area contributed by atoms with Crippen molar-refractivity contribution in [1.82, 2.24) is 10.2 Å². The first kappa shape index (κ1) is 13.7. The van der Waals surface area contributed by atoms with Crippen LogP contribution in [-0.2, 0) is 14.3 Å². The monoisotopic (exact) mass is 257 g/mol. The number of fused-ring (bicyclic) bond motifs is 1. The Labute approximate surface area is 108 Å². The number of esters is 1. The zero-order valence-electron chi connectivity index (χ0n) is 10.9. The van der Waals surface area contributed by atoms with Crippen LogP contribution in [0.15, 0.2) is 0 Å². The second-order valence-corrected chi connectivity index (χ2v) is 4.97. The number of carbonyl (C=O) groups excluding carboxylic acids is 1. The van der Waals surface area contributed by atoms with Crippen molar-refractivity contribution in [3.05, 3.63) is 0 Å². The minimum Gasteiger partial charge on any atom is -0.468 e. The van der Waals surface area contributed by atoms with Crippen LogP contribution >= 0.6 is 0 Å². The lowest BCUT2D eigenvalue weighted by Crippen LogP contribution is -2.53. The van der Waals surface area contributed by atoms with Gasteiger partial charge in [0.1, 0.15) is 6.04 Å². The smallest absolute Gasteiger partial charge is 0.324 e. The van der Waals surface area contributed by atoms with Gasteiger partial charge in [-0.2, -0.15) is 0 Å². The molecule has 0 aliphatic carbocycles. The summed E-state index contributed by atoms with van der Waals surface area (Å²) in [7, 11) is 1.37. The fourth-order valence-corrected chi connectivity index (χ4v) is 2.69. The Morgan fingerprint density at radius 2 is 2.50 bits per heavy atom. The summed E-state index contributed by atoms with van der Waals surface area (Å²) in [6.45, 7) is 3.79. The Bertz CT molecular complexity index is 288. The van der Waals surface area contributed by atoms with Gasteiger partial charge in [0.2, 0.25) is 0 Å². The molecule has 0 saturated carbocycles. The standard InChI is InChI=1S/C12H23N3O3/c1-17-12(16)11(5-13)14-6-10-7-15-4-2-3-9(15)8-18-10/h9-11,14H,2-8,13H2,1H3. The predicted molar refractivity (Wildman–Crippen MR) is 67.2 cm³/mol. The second kappa shape index (κ2) is 6.47. The maximum absolute atomic E-state index is 11.4. The van der Waals surface area contributed by atoms with Gasteiger partial charge in [0.15, 0.2) is 0 Å². The number of nitrogens with two attached hydrogens (primary N) is 1.